The molecule has 4 aliphatic rings. The summed E-state index contributed by atoms with van der Waals surface area (Å²) < 4.78 is 13.3. The predicted molar refractivity (Wildman–Crippen MR) is 321 cm³/mol. The summed E-state index contributed by atoms with van der Waals surface area (Å²) in [6, 6.07) is 29.1. The number of amides is 6. The van der Waals surface area contributed by atoms with Gasteiger partial charge in [-0.2, -0.15) is 0 Å². The van der Waals surface area contributed by atoms with Crippen molar-refractivity contribution in [1.82, 2.24) is 31.1 Å². The number of fused-ring (bicyclic) bond motifs is 2. The average molecular weight is 1120 g/mol. The van der Waals surface area contributed by atoms with Crippen molar-refractivity contribution < 1.29 is 38.2 Å². The molecule has 14 nitrogen and oxygen atoms in total. The van der Waals surface area contributed by atoms with E-state index in [9.17, 15) is 28.8 Å². The molecule has 0 bridgehead atoms. The van der Waals surface area contributed by atoms with E-state index in [0.29, 0.717) is 37.2 Å². The molecular formula is C68H92N6O8. The molecule has 82 heavy (non-hydrogen) atoms. The van der Waals surface area contributed by atoms with Crippen LogP contribution >= 0.6 is 0 Å². The molecular weight excluding hydrogens is 1030 g/mol. The van der Waals surface area contributed by atoms with Crippen LogP contribution in [0.25, 0.3) is 0 Å². The van der Waals surface area contributed by atoms with E-state index in [0.717, 1.165) is 86.5 Å². The number of rotatable bonds is 21. The zero-order chi connectivity index (χ0) is 58.9. The second kappa shape index (κ2) is 27.1. The Bertz CT molecular complexity index is 2700. The Morgan fingerprint density at radius 2 is 0.939 bits per heavy atom. The summed E-state index contributed by atoms with van der Waals surface area (Å²) in [5.41, 5.74) is 5.71. The number of unbranched alkanes of at least 4 members (excludes halogenated alkanes) is 1. The molecule has 2 aliphatic carbocycles. The van der Waals surface area contributed by atoms with Crippen molar-refractivity contribution in [2.75, 3.05) is 13.1 Å². The third-order valence-corrected chi connectivity index (χ3v) is 17.6. The fraction of sp³-hybridized carbons (Fsp3) is 0.559. The molecule has 8 rings (SSSR count). The number of nitrogens with one attached hydrogen (secondary N) is 4. The van der Waals surface area contributed by atoms with Crippen LogP contribution in [0.4, 0.5) is 0 Å². The van der Waals surface area contributed by atoms with Gasteiger partial charge in [-0.3, -0.25) is 28.8 Å². The molecule has 2 heterocycles. The van der Waals surface area contributed by atoms with Gasteiger partial charge in [-0.25, -0.2) is 0 Å². The van der Waals surface area contributed by atoms with Crippen LogP contribution < -0.4 is 30.7 Å². The van der Waals surface area contributed by atoms with E-state index < -0.39 is 47.2 Å². The topological polar surface area (TPSA) is 175 Å². The number of carbonyl (C=O) groups is 6. The highest BCUT2D eigenvalue weighted by Gasteiger charge is 2.48. The highest BCUT2D eigenvalue weighted by molar-refractivity contribution is 5.95. The lowest BCUT2D eigenvalue weighted by molar-refractivity contribution is -0.144. The number of likely N-dealkylation sites (tertiary alicyclic amines) is 2. The molecule has 14 heteroatoms. The molecule has 442 valence electrons. The highest BCUT2D eigenvalue weighted by Crippen LogP contribution is 2.35. The third-order valence-electron chi connectivity index (χ3n) is 17.6. The van der Waals surface area contributed by atoms with Gasteiger partial charge >= 0.3 is 0 Å². The zero-order valence-electron chi connectivity index (χ0n) is 50.5. The normalized spacial score (nSPS) is 22.1. The van der Waals surface area contributed by atoms with E-state index >= 15 is 0 Å². The zero-order valence-corrected chi connectivity index (χ0v) is 50.5. The van der Waals surface area contributed by atoms with Crippen molar-refractivity contribution in [2.24, 2.45) is 22.7 Å². The predicted octanol–water partition coefficient (Wildman–Crippen LogP) is 10.5. The summed E-state index contributed by atoms with van der Waals surface area (Å²) in [5.74, 6) is -0.539. The second-order valence-corrected chi connectivity index (χ2v) is 26.0. The number of carbonyl (C=O) groups excluding carboxylic acids is 6. The fourth-order valence-corrected chi connectivity index (χ4v) is 12.3. The van der Waals surface area contributed by atoms with Gasteiger partial charge in [0, 0.05) is 24.7 Å². The van der Waals surface area contributed by atoms with Gasteiger partial charge in [-0.1, -0.05) is 142 Å². The van der Waals surface area contributed by atoms with Gasteiger partial charge in [0.2, 0.25) is 35.4 Å². The van der Waals surface area contributed by atoms with E-state index in [1.54, 1.807) is 9.80 Å². The number of benzene rings is 4. The SMILES string of the molecule is CC[C@@H](C)C(=O)NC(C(=O)N1C[C@@H](Oc2cccc(CCCCc3cccc(O[C@H]4CC(C(=O)N[C@@H]5CCCc6ccccc65)N(C(=O)[C@@H](NC(=O)[C@H](C)CC)C(C)(C)C)C4)c3)c2)C[C@H]1C(=O)N[C@@H]1CCCc2ccccc21)C(C)(C)C. The third kappa shape index (κ3) is 15.3. The van der Waals surface area contributed by atoms with Gasteiger partial charge in [0.05, 0.1) is 25.2 Å². The van der Waals surface area contributed by atoms with Crippen LogP contribution in [0.15, 0.2) is 97.1 Å². The first-order valence-electron chi connectivity index (χ1n) is 30.6. The molecule has 0 radical (unpaired) electrons. The molecule has 4 N–H and O–H groups in total. The van der Waals surface area contributed by atoms with E-state index in [4.69, 9.17) is 9.47 Å². The van der Waals surface area contributed by atoms with Crippen molar-refractivity contribution in [3.63, 3.8) is 0 Å². The minimum Gasteiger partial charge on any atom is -0.488 e. The molecule has 2 aliphatic heterocycles. The summed E-state index contributed by atoms with van der Waals surface area (Å²) in [6.07, 6.45) is 9.94. The lowest BCUT2D eigenvalue weighted by atomic mass is 9.85. The summed E-state index contributed by atoms with van der Waals surface area (Å²) in [6.45, 7) is 19.7. The lowest BCUT2D eigenvalue weighted by Crippen LogP contribution is -2.58. The van der Waals surface area contributed by atoms with Crippen LogP contribution in [0.1, 0.15) is 179 Å². The average Bonchev–Trinajstić information content (AvgIpc) is 4.12. The Kier molecular flexibility index (Phi) is 20.3. The van der Waals surface area contributed by atoms with Crippen molar-refractivity contribution >= 4 is 35.4 Å². The second-order valence-electron chi connectivity index (χ2n) is 26.0. The Morgan fingerprint density at radius 1 is 0.549 bits per heavy atom. The van der Waals surface area contributed by atoms with Gasteiger partial charge in [0.1, 0.15) is 47.9 Å². The van der Waals surface area contributed by atoms with Crippen molar-refractivity contribution in [2.45, 2.75) is 208 Å². The molecule has 4 aromatic rings. The Balaban J connectivity index is 0.901. The number of hydrogen-bond acceptors (Lipinski definition) is 8. The standard InChI is InChI=1S/C68H92N6O8/c1-11-43(3)61(75)71-59(67(5,6)7)65(79)73-41-51(39-57(73)63(77)69-55-35-21-29-47-27-15-17-33-53(47)55)81-49-31-19-25-45(37-49)23-13-14-24-46-26-20-32-50(38-46)82-52-40-58(64(78)70-56-36-22-30-48-28-16-18-34-54(48)56)74(42-52)66(80)60(68(8,9)10)72-62(76)44(4)12-2/h15-20,25-28,31-34,37-38,43-44,51-52,55-60H,11-14,21-24,29-30,35-36,39-42H2,1-10H3,(H,69,77)(H,70,78)(H,71,75)(H,72,76)/t43-,44-,51+,52+,55-,56-,57+,58?,59?,60-/m1/s1. The van der Waals surface area contributed by atoms with Crippen LogP contribution in [0.2, 0.25) is 0 Å². The van der Waals surface area contributed by atoms with Crippen LogP contribution in [-0.2, 0) is 54.5 Å². The van der Waals surface area contributed by atoms with Crippen molar-refractivity contribution in [3.05, 3.63) is 130 Å². The lowest BCUT2D eigenvalue weighted by Gasteiger charge is -2.36. The minimum absolute atomic E-state index is 0.155. The minimum atomic E-state index is -0.839. The van der Waals surface area contributed by atoms with Gasteiger partial charge < -0.3 is 40.5 Å². The van der Waals surface area contributed by atoms with Crippen LogP contribution in [-0.4, -0.2) is 94.7 Å². The number of aryl methyl sites for hydroxylation is 4. The van der Waals surface area contributed by atoms with Crippen LogP contribution in [0, 0.1) is 22.7 Å². The maximum Gasteiger partial charge on any atom is 0.246 e. The fourth-order valence-electron chi connectivity index (χ4n) is 12.3. The van der Waals surface area contributed by atoms with E-state index in [1.807, 2.05) is 118 Å². The van der Waals surface area contributed by atoms with Crippen molar-refractivity contribution in [1.29, 1.82) is 0 Å². The summed E-state index contributed by atoms with van der Waals surface area (Å²) >= 11 is 0. The van der Waals surface area contributed by atoms with Gasteiger partial charge in [-0.05, 0) is 146 Å². The first kappa shape index (κ1) is 61.4. The largest absolute Gasteiger partial charge is 0.488 e. The van der Waals surface area contributed by atoms with Crippen molar-refractivity contribution in [3.8, 4) is 11.5 Å². The molecule has 6 amide bonds. The monoisotopic (exact) mass is 1120 g/mol. The van der Waals surface area contributed by atoms with Crippen LogP contribution in [0.5, 0.6) is 11.5 Å². The Labute approximate surface area is 488 Å². The Morgan fingerprint density at radius 3 is 1.32 bits per heavy atom. The molecule has 10 atom stereocenters. The van der Waals surface area contributed by atoms with E-state index in [-0.39, 0.29) is 72.5 Å². The molecule has 2 fully saturated rings. The maximum atomic E-state index is 14.7. The number of hydrogen-bond donors (Lipinski definition) is 4. The first-order valence-corrected chi connectivity index (χ1v) is 30.6. The Hall–Kier alpha value is -6.70. The smallest absolute Gasteiger partial charge is 0.246 e. The van der Waals surface area contributed by atoms with Gasteiger partial charge in [0.15, 0.2) is 0 Å². The van der Waals surface area contributed by atoms with Crippen LogP contribution in [0.3, 0.4) is 0 Å². The van der Waals surface area contributed by atoms with Gasteiger partial charge in [0.25, 0.3) is 0 Å². The quantitative estimate of drug-likeness (QED) is 0.0596. The number of ether oxygens (including phenoxy) is 2. The summed E-state index contributed by atoms with van der Waals surface area (Å²) in [4.78, 5) is 88.2. The molecule has 0 saturated carbocycles. The first-order chi connectivity index (χ1) is 39.1. The van der Waals surface area contributed by atoms with E-state index in [2.05, 4.69) is 69.8 Å². The molecule has 0 aromatic heterocycles. The van der Waals surface area contributed by atoms with E-state index in [1.165, 1.54) is 11.1 Å². The summed E-state index contributed by atoms with van der Waals surface area (Å²) in [7, 11) is 0. The molecule has 2 saturated heterocycles. The highest BCUT2D eigenvalue weighted by atomic mass is 16.5. The van der Waals surface area contributed by atoms with Gasteiger partial charge in [-0.15, -0.1) is 0 Å². The summed E-state index contributed by atoms with van der Waals surface area (Å²) in [5, 5.41) is 12.8. The molecule has 4 aromatic carbocycles. The molecule has 0 spiro atoms. The maximum absolute atomic E-state index is 14.7. The molecule has 2 unspecified atom stereocenters. The number of nitrogens with zero attached hydrogens (tertiary/aromatic N) is 2.